The highest BCUT2D eigenvalue weighted by molar-refractivity contribution is 6.35. The third-order valence-electron chi connectivity index (χ3n) is 4.39. The summed E-state index contributed by atoms with van der Waals surface area (Å²) >= 11 is 12.1. The van der Waals surface area contributed by atoms with Gasteiger partial charge >= 0.3 is 6.03 Å². The standard InChI is InChI=1S/C19H18Cl2N2O4/c1-19(15-8-3-12(20)11-16(15)21)17(24)23(18(25)22-19)9-10-27-14-6-4-13(26-2)5-7-14/h3-8,11H,9-10H2,1-2H3,(H,22,25). The van der Waals surface area contributed by atoms with E-state index in [-0.39, 0.29) is 13.2 Å². The van der Waals surface area contributed by atoms with Gasteiger partial charge in [-0.3, -0.25) is 9.69 Å². The summed E-state index contributed by atoms with van der Waals surface area (Å²) in [5, 5.41) is 3.48. The average molecular weight is 409 g/mol. The van der Waals surface area contributed by atoms with E-state index in [9.17, 15) is 9.59 Å². The predicted molar refractivity (Wildman–Crippen MR) is 103 cm³/mol. The van der Waals surface area contributed by atoms with Crippen LogP contribution >= 0.6 is 23.2 Å². The van der Waals surface area contributed by atoms with Crippen LogP contribution in [0.5, 0.6) is 11.5 Å². The number of urea groups is 1. The van der Waals surface area contributed by atoms with Crippen molar-refractivity contribution in [2.45, 2.75) is 12.5 Å². The van der Waals surface area contributed by atoms with Crippen LogP contribution in [0.1, 0.15) is 12.5 Å². The van der Waals surface area contributed by atoms with Gasteiger partial charge in [-0.15, -0.1) is 0 Å². The van der Waals surface area contributed by atoms with Crippen LogP contribution in [0.25, 0.3) is 0 Å². The number of rotatable bonds is 6. The van der Waals surface area contributed by atoms with Gasteiger partial charge in [0.1, 0.15) is 23.6 Å². The number of hydrogen-bond donors (Lipinski definition) is 1. The van der Waals surface area contributed by atoms with E-state index >= 15 is 0 Å². The van der Waals surface area contributed by atoms with E-state index in [0.29, 0.717) is 27.1 Å². The lowest BCUT2D eigenvalue weighted by atomic mass is 9.92. The maximum Gasteiger partial charge on any atom is 0.325 e. The van der Waals surface area contributed by atoms with Crippen molar-refractivity contribution >= 4 is 35.1 Å². The van der Waals surface area contributed by atoms with Crippen molar-refractivity contribution in [3.8, 4) is 11.5 Å². The normalized spacial score (nSPS) is 19.2. The quantitative estimate of drug-likeness (QED) is 0.737. The SMILES string of the molecule is COc1ccc(OCCN2C(=O)NC(C)(c3ccc(Cl)cc3Cl)C2=O)cc1. The zero-order valence-corrected chi connectivity index (χ0v) is 16.3. The second-order valence-corrected chi connectivity index (χ2v) is 7.00. The fourth-order valence-corrected chi connectivity index (χ4v) is 3.50. The Kier molecular flexibility index (Phi) is 5.48. The second kappa shape index (κ2) is 7.66. The molecule has 0 bridgehead atoms. The van der Waals surface area contributed by atoms with E-state index in [1.54, 1.807) is 56.5 Å². The number of ether oxygens (including phenoxy) is 2. The van der Waals surface area contributed by atoms with Gasteiger partial charge in [0.05, 0.1) is 13.7 Å². The van der Waals surface area contributed by atoms with Crippen molar-refractivity contribution in [2.75, 3.05) is 20.3 Å². The number of carbonyl (C=O) groups excluding carboxylic acids is 2. The molecule has 1 N–H and O–H groups in total. The molecule has 3 amide bonds. The van der Waals surface area contributed by atoms with Gasteiger partial charge in [0, 0.05) is 15.6 Å². The van der Waals surface area contributed by atoms with Gasteiger partial charge in [0.25, 0.3) is 5.91 Å². The minimum atomic E-state index is -1.25. The molecular formula is C19H18Cl2N2O4. The molecule has 1 aliphatic heterocycles. The van der Waals surface area contributed by atoms with Crippen LogP contribution in [0.15, 0.2) is 42.5 Å². The molecular weight excluding hydrogens is 391 g/mol. The summed E-state index contributed by atoms with van der Waals surface area (Å²) in [6.07, 6.45) is 0. The Morgan fingerprint density at radius 2 is 1.74 bits per heavy atom. The van der Waals surface area contributed by atoms with Gasteiger partial charge in [0.2, 0.25) is 0 Å². The molecule has 1 unspecified atom stereocenters. The van der Waals surface area contributed by atoms with Crippen LogP contribution in [0.3, 0.4) is 0 Å². The number of imide groups is 1. The number of methoxy groups -OCH3 is 1. The van der Waals surface area contributed by atoms with E-state index in [1.165, 1.54) is 0 Å². The summed E-state index contributed by atoms with van der Waals surface area (Å²) in [4.78, 5) is 26.3. The first-order chi connectivity index (χ1) is 12.8. The minimum absolute atomic E-state index is 0.109. The molecule has 27 heavy (non-hydrogen) atoms. The van der Waals surface area contributed by atoms with Crippen LogP contribution in [0.2, 0.25) is 10.0 Å². The molecule has 1 saturated heterocycles. The van der Waals surface area contributed by atoms with Crippen molar-refractivity contribution < 1.29 is 19.1 Å². The van der Waals surface area contributed by atoms with Crippen molar-refractivity contribution in [2.24, 2.45) is 0 Å². The number of nitrogens with zero attached hydrogens (tertiary/aromatic N) is 1. The van der Waals surface area contributed by atoms with Crippen molar-refractivity contribution in [1.82, 2.24) is 10.2 Å². The smallest absolute Gasteiger partial charge is 0.325 e. The molecule has 2 aromatic rings. The van der Waals surface area contributed by atoms with Crippen molar-refractivity contribution in [1.29, 1.82) is 0 Å². The summed E-state index contributed by atoms with van der Waals surface area (Å²) in [5.41, 5.74) is -0.760. The van der Waals surface area contributed by atoms with Crippen molar-refractivity contribution in [3.63, 3.8) is 0 Å². The Morgan fingerprint density at radius 1 is 1.07 bits per heavy atom. The lowest BCUT2D eigenvalue weighted by molar-refractivity contribution is -0.131. The van der Waals surface area contributed by atoms with Crippen LogP contribution in [-0.2, 0) is 10.3 Å². The Morgan fingerprint density at radius 3 is 2.37 bits per heavy atom. The number of hydrogen-bond acceptors (Lipinski definition) is 4. The maximum absolute atomic E-state index is 12.9. The number of halogens is 2. The zero-order chi connectivity index (χ0) is 19.6. The van der Waals surface area contributed by atoms with Gasteiger partial charge in [-0.2, -0.15) is 0 Å². The summed E-state index contributed by atoms with van der Waals surface area (Å²) < 4.78 is 10.7. The maximum atomic E-state index is 12.9. The highest BCUT2D eigenvalue weighted by atomic mass is 35.5. The highest BCUT2D eigenvalue weighted by Gasteiger charge is 2.49. The molecule has 1 fully saturated rings. The van der Waals surface area contributed by atoms with Crippen molar-refractivity contribution in [3.05, 3.63) is 58.1 Å². The first-order valence-electron chi connectivity index (χ1n) is 8.21. The average Bonchev–Trinajstić information content (AvgIpc) is 2.85. The fraction of sp³-hybridized carbons (Fsp3) is 0.263. The number of nitrogens with one attached hydrogen (secondary N) is 1. The fourth-order valence-electron chi connectivity index (χ4n) is 2.90. The summed E-state index contributed by atoms with van der Waals surface area (Å²) in [7, 11) is 1.58. The highest BCUT2D eigenvalue weighted by Crippen LogP contribution is 2.34. The summed E-state index contributed by atoms with van der Waals surface area (Å²) in [5.74, 6) is 0.938. The summed E-state index contributed by atoms with van der Waals surface area (Å²) in [6, 6.07) is 11.4. The molecule has 1 heterocycles. The van der Waals surface area contributed by atoms with E-state index in [4.69, 9.17) is 32.7 Å². The molecule has 1 atom stereocenters. The Balaban J connectivity index is 1.68. The molecule has 142 valence electrons. The monoisotopic (exact) mass is 408 g/mol. The largest absolute Gasteiger partial charge is 0.497 e. The summed E-state index contributed by atoms with van der Waals surface area (Å²) in [6.45, 7) is 1.89. The number of carbonyl (C=O) groups is 2. The third kappa shape index (κ3) is 3.82. The second-order valence-electron chi connectivity index (χ2n) is 6.16. The zero-order valence-electron chi connectivity index (χ0n) is 14.8. The van der Waals surface area contributed by atoms with Gasteiger partial charge in [-0.25, -0.2) is 4.79 Å². The lowest BCUT2D eigenvalue weighted by Crippen LogP contribution is -2.41. The molecule has 8 heteroatoms. The number of amides is 3. The first kappa shape index (κ1) is 19.3. The Hall–Kier alpha value is -2.44. The molecule has 0 saturated carbocycles. The van der Waals surface area contributed by atoms with Gasteiger partial charge < -0.3 is 14.8 Å². The van der Waals surface area contributed by atoms with Crippen LogP contribution in [-0.4, -0.2) is 37.1 Å². The van der Waals surface area contributed by atoms with Gasteiger partial charge in [0.15, 0.2) is 0 Å². The predicted octanol–water partition coefficient (Wildman–Crippen LogP) is 3.85. The molecule has 2 aromatic carbocycles. The Bertz CT molecular complexity index is 873. The van der Waals surface area contributed by atoms with Crippen LogP contribution in [0.4, 0.5) is 4.79 Å². The van der Waals surface area contributed by atoms with E-state index < -0.39 is 17.5 Å². The molecule has 0 spiro atoms. The molecule has 0 aromatic heterocycles. The molecule has 0 radical (unpaired) electrons. The van der Waals surface area contributed by atoms with E-state index in [2.05, 4.69) is 5.32 Å². The molecule has 3 rings (SSSR count). The lowest BCUT2D eigenvalue weighted by Gasteiger charge is -2.23. The first-order valence-corrected chi connectivity index (χ1v) is 8.97. The van der Waals surface area contributed by atoms with Gasteiger partial charge in [-0.1, -0.05) is 29.3 Å². The number of benzene rings is 2. The molecule has 0 aliphatic carbocycles. The van der Waals surface area contributed by atoms with Gasteiger partial charge in [-0.05, 0) is 43.3 Å². The molecule has 6 nitrogen and oxygen atoms in total. The van der Waals surface area contributed by atoms with E-state index in [1.807, 2.05) is 0 Å². The minimum Gasteiger partial charge on any atom is -0.497 e. The van der Waals surface area contributed by atoms with E-state index in [0.717, 1.165) is 4.90 Å². The topological polar surface area (TPSA) is 67.9 Å². The van der Waals surface area contributed by atoms with Crippen LogP contribution < -0.4 is 14.8 Å². The third-order valence-corrected chi connectivity index (χ3v) is 4.94. The Labute approximate surface area is 167 Å². The molecule has 1 aliphatic rings. The van der Waals surface area contributed by atoms with Crippen LogP contribution in [0, 0.1) is 0 Å².